The molecule has 0 fully saturated rings. The van der Waals surface area contributed by atoms with E-state index in [9.17, 15) is 0 Å². The second-order valence-electron chi connectivity index (χ2n) is 3.22. The lowest BCUT2D eigenvalue weighted by molar-refractivity contribution is 0.517. The molecule has 2 heteroatoms. The summed E-state index contributed by atoms with van der Waals surface area (Å²) in [7, 11) is 0. The highest BCUT2D eigenvalue weighted by Gasteiger charge is 2.10. The van der Waals surface area contributed by atoms with Gasteiger partial charge in [-0.05, 0) is 37.9 Å². The molecule has 0 aliphatic rings. The molecule has 66 valence electrons. The van der Waals surface area contributed by atoms with Gasteiger partial charge in [0.05, 0.1) is 0 Å². The lowest BCUT2D eigenvalue weighted by atomic mass is 9.96. The summed E-state index contributed by atoms with van der Waals surface area (Å²) in [5.41, 5.74) is 5.44. The Balaban J connectivity index is 2.82. The third-order valence-corrected chi connectivity index (χ3v) is 1.74. The minimum atomic E-state index is -2.16. The van der Waals surface area contributed by atoms with Crippen molar-refractivity contribution in [1.29, 1.82) is 0 Å². The average Bonchev–Trinajstić information content (AvgIpc) is 2.06. The first kappa shape index (κ1) is 6.01. The highest BCUT2D eigenvalue weighted by Crippen LogP contribution is 2.13. The van der Waals surface area contributed by atoms with Gasteiger partial charge in [-0.2, -0.15) is 0 Å². The van der Waals surface area contributed by atoms with E-state index in [1.807, 2.05) is 0 Å². The topological polar surface area (TPSA) is 26.0 Å². The molecule has 0 bridgehead atoms. The zero-order valence-electron chi connectivity index (χ0n) is 9.97. The van der Waals surface area contributed by atoms with Crippen LogP contribution in [-0.4, -0.2) is 5.54 Å². The molecule has 1 aromatic carbocycles. The molecule has 0 aromatic heterocycles. The maximum absolute atomic E-state index is 7.31. The van der Waals surface area contributed by atoms with Crippen molar-refractivity contribution in [3.05, 3.63) is 34.9 Å². The van der Waals surface area contributed by atoms with Crippen LogP contribution in [0.15, 0.2) is 24.3 Å². The van der Waals surface area contributed by atoms with Crippen molar-refractivity contribution in [1.82, 2.24) is 0 Å². The van der Waals surface area contributed by atoms with Gasteiger partial charge < -0.3 is 5.73 Å². The van der Waals surface area contributed by atoms with Gasteiger partial charge in [0.2, 0.25) is 0 Å². The molecule has 0 heterocycles. The van der Waals surface area contributed by atoms with E-state index in [4.69, 9.17) is 21.4 Å². The molecule has 1 aromatic rings. The molecule has 2 N–H and O–H groups in total. The summed E-state index contributed by atoms with van der Waals surface area (Å²) < 4.78 is 21.9. The molecule has 1 rings (SSSR count). The van der Waals surface area contributed by atoms with Gasteiger partial charge >= 0.3 is 0 Å². The highest BCUT2D eigenvalue weighted by molar-refractivity contribution is 6.30. The van der Waals surface area contributed by atoms with Crippen molar-refractivity contribution in [3.63, 3.8) is 0 Å². The molecule has 0 saturated heterocycles. The molecule has 0 amide bonds. The summed E-state index contributed by atoms with van der Waals surface area (Å²) >= 11 is 5.73. The Kier molecular flexibility index (Phi) is 1.73. The molecule has 12 heavy (non-hydrogen) atoms. The van der Waals surface area contributed by atoms with Crippen LogP contribution in [0.2, 0.25) is 5.02 Å². The molecular formula is C10H14ClN. The molecular weight excluding hydrogens is 170 g/mol. The SMILES string of the molecule is [2H]C([2H])([2H])C(C)(N)Cc1ccc(Cl)cc1. The Morgan fingerprint density at radius 3 is 2.58 bits per heavy atom. The third kappa shape index (κ3) is 3.24. The molecule has 0 saturated carbocycles. The van der Waals surface area contributed by atoms with E-state index >= 15 is 0 Å². The van der Waals surface area contributed by atoms with Gasteiger partial charge in [0.1, 0.15) is 0 Å². The average molecular weight is 187 g/mol. The summed E-state index contributed by atoms with van der Waals surface area (Å²) in [5.74, 6) is 0. The van der Waals surface area contributed by atoms with Crippen LogP contribution < -0.4 is 5.73 Å². The first-order valence-electron chi connectivity index (χ1n) is 5.26. The predicted molar refractivity (Wildman–Crippen MR) is 53.4 cm³/mol. The van der Waals surface area contributed by atoms with E-state index < -0.39 is 12.4 Å². The van der Waals surface area contributed by atoms with Crippen LogP contribution in [-0.2, 0) is 6.42 Å². The lowest BCUT2D eigenvalue weighted by Gasteiger charge is -2.18. The molecule has 0 aliphatic carbocycles. The zero-order valence-corrected chi connectivity index (χ0v) is 7.73. The molecule has 1 unspecified atom stereocenters. The van der Waals surface area contributed by atoms with Crippen LogP contribution in [0.3, 0.4) is 0 Å². The number of benzene rings is 1. The van der Waals surface area contributed by atoms with E-state index in [0.717, 1.165) is 5.56 Å². The highest BCUT2D eigenvalue weighted by atomic mass is 35.5. The fourth-order valence-corrected chi connectivity index (χ4v) is 1.15. The molecule has 0 aliphatic heterocycles. The second-order valence-corrected chi connectivity index (χ2v) is 3.66. The Bertz CT molecular complexity index is 330. The molecule has 0 spiro atoms. The van der Waals surface area contributed by atoms with Gasteiger partial charge in [-0.1, -0.05) is 23.7 Å². The van der Waals surface area contributed by atoms with Crippen molar-refractivity contribution in [2.75, 3.05) is 0 Å². The normalized spacial score (nSPS) is 20.4. The van der Waals surface area contributed by atoms with Gasteiger partial charge in [-0.3, -0.25) is 0 Å². The van der Waals surface area contributed by atoms with E-state index in [2.05, 4.69) is 0 Å². The minimum Gasteiger partial charge on any atom is -0.325 e. The van der Waals surface area contributed by atoms with Crippen LogP contribution in [0.1, 0.15) is 23.5 Å². The number of hydrogen-bond donors (Lipinski definition) is 1. The first-order valence-corrected chi connectivity index (χ1v) is 4.13. The van der Waals surface area contributed by atoms with Gasteiger partial charge in [0.15, 0.2) is 0 Å². The van der Waals surface area contributed by atoms with Crippen molar-refractivity contribution in [2.24, 2.45) is 5.73 Å². The first-order chi connectivity index (χ1) is 6.72. The lowest BCUT2D eigenvalue weighted by Crippen LogP contribution is -2.34. The maximum atomic E-state index is 7.31. The number of halogens is 1. The van der Waals surface area contributed by atoms with Crippen molar-refractivity contribution in [3.8, 4) is 0 Å². The smallest absolute Gasteiger partial charge is 0.0406 e. The van der Waals surface area contributed by atoms with Gasteiger partial charge in [-0.25, -0.2) is 0 Å². The van der Waals surface area contributed by atoms with Crippen LogP contribution >= 0.6 is 11.6 Å². The van der Waals surface area contributed by atoms with E-state index in [-0.39, 0.29) is 0 Å². The van der Waals surface area contributed by atoms with Gasteiger partial charge in [0, 0.05) is 14.7 Å². The third-order valence-electron chi connectivity index (χ3n) is 1.48. The summed E-state index contributed by atoms with van der Waals surface area (Å²) in [6.07, 6.45) is 0.306. The fraction of sp³-hybridized carbons (Fsp3) is 0.400. The quantitative estimate of drug-likeness (QED) is 0.755. The Morgan fingerprint density at radius 2 is 2.08 bits per heavy atom. The summed E-state index contributed by atoms with van der Waals surface area (Å²) in [6.45, 7) is -0.624. The number of hydrogen-bond acceptors (Lipinski definition) is 1. The van der Waals surface area contributed by atoms with Crippen molar-refractivity contribution in [2.45, 2.75) is 25.7 Å². The van der Waals surface area contributed by atoms with Crippen LogP contribution in [0.25, 0.3) is 0 Å². The summed E-state index contributed by atoms with van der Waals surface area (Å²) in [4.78, 5) is 0. The van der Waals surface area contributed by atoms with Crippen LogP contribution in [0.5, 0.6) is 0 Å². The number of rotatable bonds is 2. The van der Waals surface area contributed by atoms with Crippen molar-refractivity contribution >= 4 is 11.6 Å². The summed E-state index contributed by atoms with van der Waals surface area (Å²) in [6, 6.07) is 7.04. The van der Waals surface area contributed by atoms with E-state index in [1.165, 1.54) is 6.92 Å². The second kappa shape index (κ2) is 3.46. The van der Waals surface area contributed by atoms with E-state index in [1.54, 1.807) is 24.3 Å². The summed E-state index contributed by atoms with van der Waals surface area (Å²) in [5, 5.41) is 0.631. The van der Waals surface area contributed by atoms with Crippen LogP contribution in [0, 0.1) is 0 Å². The Hall–Kier alpha value is -0.530. The van der Waals surface area contributed by atoms with Crippen molar-refractivity contribution < 1.29 is 4.11 Å². The van der Waals surface area contributed by atoms with E-state index in [0.29, 0.717) is 11.4 Å². The van der Waals surface area contributed by atoms with Gasteiger partial charge in [0.25, 0.3) is 0 Å². The monoisotopic (exact) mass is 186 g/mol. The Labute approximate surface area is 82.7 Å². The zero-order chi connectivity index (χ0) is 11.7. The molecule has 1 nitrogen and oxygen atoms in total. The Morgan fingerprint density at radius 1 is 1.50 bits per heavy atom. The number of nitrogens with two attached hydrogens (primary N) is 1. The molecule has 1 atom stereocenters. The maximum Gasteiger partial charge on any atom is 0.0406 e. The largest absolute Gasteiger partial charge is 0.325 e. The fourth-order valence-electron chi connectivity index (χ4n) is 1.03. The minimum absolute atomic E-state index is 0.306. The standard InChI is InChI=1S/C10H14ClN/c1-10(2,12)7-8-3-5-9(11)6-4-8/h3-6H,7,12H2,1-2H3/i1D3. The predicted octanol–water partition coefficient (Wildman–Crippen LogP) is 2.62. The van der Waals surface area contributed by atoms with Crippen LogP contribution in [0.4, 0.5) is 0 Å². The molecule has 0 radical (unpaired) electrons. The van der Waals surface area contributed by atoms with Gasteiger partial charge in [-0.15, -0.1) is 0 Å².